The zero-order valence-electron chi connectivity index (χ0n) is 16.8. The number of anilines is 2. The van der Waals surface area contributed by atoms with Crippen molar-refractivity contribution in [2.24, 2.45) is 0 Å². The number of methoxy groups -OCH3 is 2. The number of benzene rings is 2. The highest BCUT2D eigenvalue weighted by Gasteiger charge is 2.26. The molecule has 8 nitrogen and oxygen atoms in total. The van der Waals surface area contributed by atoms with Crippen LogP contribution in [0.1, 0.15) is 5.56 Å². The van der Waals surface area contributed by atoms with Crippen molar-refractivity contribution in [3.8, 4) is 17.6 Å². The molecule has 156 valence electrons. The van der Waals surface area contributed by atoms with Crippen molar-refractivity contribution >= 4 is 45.9 Å². The van der Waals surface area contributed by atoms with E-state index in [9.17, 15) is 14.9 Å². The number of carbonyl (C=O) groups excluding carboxylic acids is 2. The molecule has 0 saturated heterocycles. The van der Waals surface area contributed by atoms with Gasteiger partial charge in [-0.05, 0) is 24.3 Å². The van der Waals surface area contributed by atoms with Crippen LogP contribution < -0.4 is 19.7 Å². The van der Waals surface area contributed by atoms with Gasteiger partial charge in [0.2, 0.25) is 11.8 Å². The molecule has 3 aromatic rings. The molecule has 31 heavy (non-hydrogen) atoms. The first-order chi connectivity index (χ1) is 15.0. The monoisotopic (exact) mass is 434 g/mol. The Balaban J connectivity index is 1.61. The van der Waals surface area contributed by atoms with Crippen LogP contribution in [0.5, 0.6) is 11.5 Å². The molecule has 1 aliphatic heterocycles. The number of thioether (sulfide) groups is 1. The van der Waals surface area contributed by atoms with Crippen molar-refractivity contribution in [3.05, 3.63) is 48.0 Å². The van der Waals surface area contributed by atoms with Crippen molar-refractivity contribution in [3.63, 3.8) is 0 Å². The molecule has 4 rings (SSSR count). The number of amides is 2. The van der Waals surface area contributed by atoms with Gasteiger partial charge in [0.05, 0.1) is 42.4 Å². The minimum atomic E-state index is -0.250. The van der Waals surface area contributed by atoms with Crippen LogP contribution >= 0.6 is 11.8 Å². The van der Waals surface area contributed by atoms with Crippen LogP contribution in [0.3, 0.4) is 0 Å². The first kappa shape index (κ1) is 20.5. The fourth-order valence-corrected chi connectivity index (χ4v) is 4.18. The third-order valence-electron chi connectivity index (χ3n) is 4.81. The highest BCUT2D eigenvalue weighted by atomic mass is 32.2. The summed E-state index contributed by atoms with van der Waals surface area (Å²) in [6.45, 7) is -0.0519. The molecule has 0 fully saturated rings. The number of nitrogens with zero attached hydrogens (tertiary/aromatic N) is 3. The molecule has 0 spiro atoms. The van der Waals surface area contributed by atoms with Crippen LogP contribution in [0.4, 0.5) is 11.4 Å². The van der Waals surface area contributed by atoms with Gasteiger partial charge in [-0.3, -0.25) is 9.59 Å². The number of aromatic nitrogens is 1. The molecule has 0 saturated carbocycles. The molecule has 1 aromatic heterocycles. The summed E-state index contributed by atoms with van der Waals surface area (Å²) in [4.78, 5) is 30.9. The summed E-state index contributed by atoms with van der Waals surface area (Å²) in [6.07, 6.45) is 0. The molecular formula is C22H18N4O4S. The van der Waals surface area contributed by atoms with E-state index in [2.05, 4.69) is 16.4 Å². The molecular weight excluding hydrogens is 416 g/mol. The van der Waals surface area contributed by atoms with Gasteiger partial charge < -0.3 is 19.7 Å². The van der Waals surface area contributed by atoms with Crippen molar-refractivity contribution < 1.29 is 19.1 Å². The van der Waals surface area contributed by atoms with Crippen LogP contribution in [0.2, 0.25) is 0 Å². The number of ether oxygens (including phenoxy) is 2. The number of nitriles is 1. The van der Waals surface area contributed by atoms with E-state index in [1.165, 1.54) is 19.1 Å². The summed E-state index contributed by atoms with van der Waals surface area (Å²) in [5.41, 5.74) is 2.22. The smallest absolute Gasteiger partial charge is 0.244 e. The number of hydrogen-bond donors (Lipinski definition) is 1. The summed E-state index contributed by atoms with van der Waals surface area (Å²) in [6, 6.07) is 14.5. The van der Waals surface area contributed by atoms with Crippen LogP contribution in [0.15, 0.2) is 47.5 Å². The summed E-state index contributed by atoms with van der Waals surface area (Å²) in [7, 11) is 3.07. The van der Waals surface area contributed by atoms with Crippen LogP contribution in [-0.2, 0) is 9.59 Å². The lowest BCUT2D eigenvalue weighted by Crippen LogP contribution is -2.43. The van der Waals surface area contributed by atoms with E-state index in [1.54, 1.807) is 36.4 Å². The van der Waals surface area contributed by atoms with Gasteiger partial charge >= 0.3 is 0 Å². The Morgan fingerprint density at radius 2 is 1.97 bits per heavy atom. The highest BCUT2D eigenvalue weighted by Crippen LogP contribution is 2.34. The maximum Gasteiger partial charge on any atom is 0.244 e. The van der Waals surface area contributed by atoms with Crippen LogP contribution in [0, 0.1) is 11.3 Å². The van der Waals surface area contributed by atoms with E-state index in [0.29, 0.717) is 39.0 Å². The number of rotatable bonds is 5. The van der Waals surface area contributed by atoms with Gasteiger partial charge in [0.1, 0.15) is 17.6 Å². The van der Waals surface area contributed by atoms with Gasteiger partial charge in [0, 0.05) is 11.5 Å². The quantitative estimate of drug-likeness (QED) is 0.615. The van der Waals surface area contributed by atoms with Gasteiger partial charge in [-0.1, -0.05) is 23.9 Å². The molecule has 2 aromatic carbocycles. The van der Waals surface area contributed by atoms with Gasteiger partial charge in [-0.15, -0.1) is 0 Å². The summed E-state index contributed by atoms with van der Waals surface area (Å²) < 4.78 is 10.6. The predicted octanol–water partition coefficient (Wildman–Crippen LogP) is 3.20. The molecule has 2 amide bonds. The van der Waals surface area contributed by atoms with Gasteiger partial charge in [-0.2, -0.15) is 5.26 Å². The summed E-state index contributed by atoms with van der Waals surface area (Å²) >= 11 is 1.16. The van der Waals surface area contributed by atoms with Crippen molar-refractivity contribution in [2.45, 2.75) is 5.03 Å². The van der Waals surface area contributed by atoms with Crippen LogP contribution in [-0.4, -0.2) is 43.3 Å². The number of para-hydroxylation sites is 2. The SMILES string of the molecule is COc1cc2cc(C#N)c(SCC(=O)N3CC(=O)Nc4ccccc43)nc2cc1OC. The number of fused-ring (bicyclic) bond motifs is 2. The van der Waals surface area contributed by atoms with E-state index in [0.717, 1.165) is 17.1 Å². The minimum Gasteiger partial charge on any atom is -0.493 e. The second kappa shape index (κ2) is 8.53. The van der Waals surface area contributed by atoms with E-state index in [-0.39, 0.29) is 24.1 Å². The molecule has 0 radical (unpaired) electrons. The fraction of sp³-hybridized carbons (Fsp3) is 0.182. The van der Waals surface area contributed by atoms with Crippen molar-refractivity contribution in [2.75, 3.05) is 36.7 Å². The average molecular weight is 434 g/mol. The molecule has 1 aliphatic rings. The Morgan fingerprint density at radius 3 is 2.71 bits per heavy atom. The zero-order chi connectivity index (χ0) is 22.0. The lowest BCUT2D eigenvalue weighted by atomic mass is 10.1. The average Bonchev–Trinajstić information content (AvgIpc) is 2.80. The Hall–Kier alpha value is -3.77. The third kappa shape index (κ3) is 3.98. The number of pyridine rings is 1. The zero-order valence-corrected chi connectivity index (χ0v) is 17.7. The van der Waals surface area contributed by atoms with E-state index in [4.69, 9.17) is 9.47 Å². The number of hydrogen-bond acceptors (Lipinski definition) is 7. The van der Waals surface area contributed by atoms with Gasteiger partial charge in [-0.25, -0.2) is 4.98 Å². The standard InChI is InChI=1S/C22H18N4O4S/c1-29-18-8-13-7-14(10-23)22(25-16(13)9-19(18)30-2)31-12-21(28)26-11-20(27)24-15-5-3-4-6-17(15)26/h3-9H,11-12H2,1-2H3,(H,24,27). The molecule has 0 aliphatic carbocycles. The molecule has 0 bridgehead atoms. The molecule has 0 atom stereocenters. The van der Waals surface area contributed by atoms with E-state index >= 15 is 0 Å². The predicted molar refractivity (Wildman–Crippen MR) is 118 cm³/mol. The Morgan fingerprint density at radius 1 is 1.23 bits per heavy atom. The Kier molecular flexibility index (Phi) is 5.64. The largest absolute Gasteiger partial charge is 0.493 e. The number of carbonyl (C=O) groups is 2. The summed E-state index contributed by atoms with van der Waals surface area (Å²) in [5.74, 6) is 0.598. The van der Waals surface area contributed by atoms with Crippen LogP contribution in [0.25, 0.3) is 10.9 Å². The molecule has 0 unspecified atom stereocenters. The van der Waals surface area contributed by atoms with E-state index in [1.807, 2.05) is 6.07 Å². The Labute approximate surface area is 182 Å². The first-order valence-corrected chi connectivity index (χ1v) is 10.3. The fourth-order valence-electron chi connectivity index (χ4n) is 3.34. The lowest BCUT2D eigenvalue weighted by molar-refractivity contribution is -0.120. The topological polar surface area (TPSA) is 105 Å². The highest BCUT2D eigenvalue weighted by molar-refractivity contribution is 8.00. The summed E-state index contributed by atoms with van der Waals surface area (Å²) in [5, 5.41) is 13.5. The second-order valence-electron chi connectivity index (χ2n) is 6.69. The van der Waals surface area contributed by atoms with Crippen molar-refractivity contribution in [1.82, 2.24) is 4.98 Å². The third-order valence-corrected chi connectivity index (χ3v) is 5.79. The second-order valence-corrected chi connectivity index (χ2v) is 7.65. The minimum absolute atomic E-state index is 0.0299. The van der Waals surface area contributed by atoms with Gasteiger partial charge in [0.15, 0.2) is 11.5 Å². The maximum absolute atomic E-state index is 12.9. The normalized spacial score (nSPS) is 12.7. The molecule has 1 N–H and O–H groups in total. The molecule has 2 heterocycles. The van der Waals surface area contributed by atoms with Crippen molar-refractivity contribution in [1.29, 1.82) is 5.26 Å². The number of nitrogens with one attached hydrogen (secondary N) is 1. The van der Waals surface area contributed by atoms with Gasteiger partial charge in [0.25, 0.3) is 0 Å². The lowest BCUT2D eigenvalue weighted by Gasteiger charge is -2.29. The van der Waals surface area contributed by atoms with E-state index < -0.39 is 0 Å². The maximum atomic E-state index is 12.9. The Bertz CT molecular complexity index is 1240. The molecule has 9 heteroatoms. The first-order valence-electron chi connectivity index (χ1n) is 9.33.